The lowest BCUT2D eigenvalue weighted by Crippen LogP contribution is -1.99. The summed E-state index contributed by atoms with van der Waals surface area (Å²) in [6.07, 6.45) is 1.44. The number of halogens is 1. The summed E-state index contributed by atoms with van der Waals surface area (Å²) in [4.78, 5) is 3.53. The predicted octanol–water partition coefficient (Wildman–Crippen LogP) is 1.04. The summed E-state index contributed by atoms with van der Waals surface area (Å²) in [5.41, 5.74) is 0.335. The second-order valence-corrected chi connectivity index (χ2v) is 1.47. The molecule has 34 valence electrons. The van der Waals surface area contributed by atoms with Crippen LogP contribution in [0.4, 0.5) is 0 Å². The van der Waals surface area contributed by atoms with Crippen LogP contribution in [0.15, 0.2) is 16.2 Å². The highest BCUT2D eigenvalue weighted by atomic mass is 35.5. The molecule has 1 heterocycles. The third kappa shape index (κ3) is 0.509. The zero-order chi connectivity index (χ0) is 5.28. The lowest BCUT2D eigenvalue weighted by molar-refractivity contribution is 1.46. The molecule has 0 fully saturated rings. The molecule has 0 bridgehead atoms. The lowest BCUT2D eigenvalue weighted by atomic mass is 10.3. The molecule has 0 unspecified atom stereocenters. The van der Waals surface area contributed by atoms with Gasteiger partial charge in [0.05, 0.1) is 11.2 Å². The minimum atomic E-state index is 0.335. The summed E-state index contributed by atoms with van der Waals surface area (Å²) >= 11 is 5.32. The summed E-state index contributed by atoms with van der Waals surface area (Å²) in [5.74, 6) is 0. The molecule has 0 N–H and O–H groups in total. The molecule has 0 aliphatic carbocycles. The van der Waals surface area contributed by atoms with Crippen molar-refractivity contribution in [3.8, 4) is 6.07 Å². The molecular weight excluding hydrogens is 112 g/mol. The van der Waals surface area contributed by atoms with Crippen LogP contribution < -0.4 is 0 Å². The Morgan fingerprint density at radius 2 is 2.57 bits per heavy atom. The molecule has 0 saturated heterocycles. The Morgan fingerprint density at radius 3 is 2.57 bits per heavy atom. The van der Waals surface area contributed by atoms with Gasteiger partial charge in [0.25, 0.3) is 0 Å². The van der Waals surface area contributed by atoms with Crippen LogP contribution in [-0.2, 0) is 0 Å². The van der Waals surface area contributed by atoms with Crippen LogP contribution in [0.25, 0.3) is 0 Å². The molecule has 0 amide bonds. The first-order valence-electron chi connectivity index (χ1n) is 1.68. The maximum atomic E-state index is 8.05. The van der Waals surface area contributed by atoms with Crippen molar-refractivity contribution in [3.63, 3.8) is 0 Å². The average Bonchev–Trinajstić information content (AvgIpc) is 1.65. The van der Waals surface area contributed by atoms with E-state index < -0.39 is 0 Å². The minimum absolute atomic E-state index is 0.335. The van der Waals surface area contributed by atoms with E-state index >= 15 is 0 Å². The summed E-state index contributed by atoms with van der Waals surface area (Å²) in [6.45, 7) is 0. The second kappa shape index (κ2) is 1.36. The quantitative estimate of drug-likeness (QED) is 0.461. The zero-order valence-corrected chi connectivity index (χ0v) is 4.11. The van der Waals surface area contributed by atoms with Gasteiger partial charge in [0.1, 0.15) is 6.07 Å². The first-order chi connectivity index (χ1) is 3.34. The Morgan fingerprint density at radius 1 is 1.86 bits per heavy atom. The maximum Gasteiger partial charge on any atom is 0.160 e. The lowest BCUT2D eigenvalue weighted by Gasteiger charge is -1.97. The van der Waals surface area contributed by atoms with Crippen molar-refractivity contribution in [1.29, 1.82) is 5.26 Å². The van der Waals surface area contributed by atoms with Gasteiger partial charge in [0.15, 0.2) is 5.71 Å². The second-order valence-electron chi connectivity index (χ2n) is 1.07. The van der Waals surface area contributed by atoms with E-state index in [2.05, 4.69) is 4.99 Å². The highest BCUT2D eigenvalue weighted by Crippen LogP contribution is 2.12. The van der Waals surface area contributed by atoms with Gasteiger partial charge in [-0.05, 0) is 0 Å². The van der Waals surface area contributed by atoms with E-state index in [0.717, 1.165) is 0 Å². The molecule has 1 rings (SSSR count). The Bertz CT molecular complexity index is 184. The van der Waals surface area contributed by atoms with E-state index in [1.807, 2.05) is 0 Å². The molecule has 0 aromatic heterocycles. The van der Waals surface area contributed by atoms with Crippen LogP contribution in [0.1, 0.15) is 0 Å². The first kappa shape index (κ1) is 4.35. The third-order valence-electron chi connectivity index (χ3n) is 0.639. The number of allylic oxidation sites excluding steroid dienone is 1. The molecule has 1 aliphatic heterocycles. The monoisotopic (exact) mass is 112 g/mol. The van der Waals surface area contributed by atoms with Gasteiger partial charge in [-0.15, -0.1) is 0 Å². The average molecular weight is 113 g/mol. The van der Waals surface area contributed by atoms with Crippen LogP contribution in [0, 0.1) is 11.3 Å². The van der Waals surface area contributed by atoms with Crippen molar-refractivity contribution in [1.82, 2.24) is 0 Å². The van der Waals surface area contributed by atoms with Crippen LogP contribution in [0.5, 0.6) is 0 Å². The van der Waals surface area contributed by atoms with Crippen molar-refractivity contribution in [2.75, 3.05) is 0 Å². The Hall–Kier alpha value is -0.810. The van der Waals surface area contributed by atoms with E-state index in [1.54, 1.807) is 6.07 Å². The fourth-order valence-electron chi connectivity index (χ4n) is 0.260. The Labute approximate surface area is 45.7 Å². The highest BCUT2D eigenvalue weighted by Gasteiger charge is 2.07. The van der Waals surface area contributed by atoms with Crippen molar-refractivity contribution < 1.29 is 0 Å². The van der Waals surface area contributed by atoms with Gasteiger partial charge in [0.2, 0.25) is 0 Å². The molecule has 0 aromatic rings. The maximum absolute atomic E-state index is 8.05. The summed E-state index contributed by atoms with van der Waals surface area (Å²) in [7, 11) is 0. The number of nitrogens with zero attached hydrogens (tertiary/aromatic N) is 2. The van der Waals surface area contributed by atoms with E-state index in [-0.39, 0.29) is 0 Å². The van der Waals surface area contributed by atoms with Gasteiger partial charge in [0, 0.05) is 0 Å². The zero-order valence-electron chi connectivity index (χ0n) is 3.35. The summed E-state index contributed by atoms with van der Waals surface area (Å²) in [5, 5.41) is 8.51. The van der Waals surface area contributed by atoms with Crippen LogP contribution in [-0.4, -0.2) is 5.71 Å². The topological polar surface area (TPSA) is 36.1 Å². The van der Waals surface area contributed by atoms with Crippen LogP contribution >= 0.6 is 11.6 Å². The molecule has 2 nitrogen and oxygen atoms in total. The smallest absolute Gasteiger partial charge is 0.160 e. The minimum Gasteiger partial charge on any atom is -0.242 e. The van der Waals surface area contributed by atoms with E-state index in [9.17, 15) is 0 Å². The van der Waals surface area contributed by atoms with Crippen molar-refractivity contribution in [2.45, 2.75) is 0 Å². The molecule has 7 heavy (non-hydrogen) atoms. The van der Waals surface area contributed by atoms with Crippen LogP contribution in [0.2, 0.25) is 0 Å². The number of nitriles is 1. The number of hydrogen-bond donors (Lipinski definition) is 0. The molecule has 0 atom stereocenters. The molecule has 1 aliphatic rings. The van der Waals surface area contributed by atoms with Crippen LogP contribution in [0.3, 0.4) is 0 Å². The van der Waals surface area contributed by atoms with E-state index in [0.29, 0.717) is 10.7 Å². The van der Waals surface area contributed by atoms with Gasteiger partial charge < -0.3 is 0 Å². The van der Waals surface area contributed by atoms with E-state index in [1.165, 1.54) is 6.20 Å². The highest BCUT2D eigenvalue weighted by molar-refractivity contribution is 6.48. The Balaban J connectivity index is 2.69. The summed E-state index contributed by atoms with van der Waals surface area (Å²) < 4.78 is 0. The molecule has 3 heteroatoms. The molecular formula is C4HClN2. The molecule has 0 radical (unpaired) electrons. The summed E-state index contributed by atoms with van der Waals surface area (Å²) in [6, 6.07) is 1.80. The standard InChI is InChI=1S/C4HClN2/c5-3-2-7-4(3)1-6/h2H. The third-order valence-corrected chi connectivity index (χ3v) is 0.916. The first-order valence-corrected chi connectivity index (χ1v) is 2.06. The molecule has 0 aromatic carbocycles. The van der Waals surface area contributed by atoms with E-state index in [4.69, 9.17) is 16.9 Å². The number of rotatable bonds is 0. The molecule has 0 spiro atoms. The van der Waals surface area contributed by atoms with Crippen molar-refractivity contribution in [3.05, 3.63) is 11.2 Å². The fourth-order valence-corrected chi connectivity index (χ4v) is 0.400. The van der Waals surface area contributed by atoms with Gasteiger partial charge >= 0.3 is 0 Å². The Kier molecular flexibility index (Phi) is 0.844. The fraction of sp³-hybridized carbons (Fsp3) is 0. The number of aliphatic imine (C=N–C) groups is 1. The van der Waals surface area contributed by atoms with Gasteiger partial charge in [-0.3, -0.25) is 0 Å². The molecule has 0 saturated carbocycles. The van der Waals surface area contributed by atoms with Gasteiger partial charge in [-0.1, -0.05) is 11.6 Å². The SMILES string of the molecule is N#CC1=NC=C1Cl. The normalized spacial score (nSPS) is 16.0. The predicted molar refractivity (Wildman–Crippen MR) is 27.0 cm³/mol. The van der Waals surface area contributed by atoms with Gasteiger partial charge in [-0.2, -0.15) is 5.26 Å². The van der Waals surface area contributed by atoms with Crippen molar-refractivity contribution >= 4 is 17.3 Å². The van der Waals surface area contributed by atoms with Crippen molar-refractivity contribution in [2.24, 2.45) is 4.99 Å². The largest absolute Gasteiger partial charge is 0.242 e. The van der Waals surface area contributed by atoms with Gasteiger partial charge in [-0.25, -0.2) is 4.99 Å². The number of hydrogen-bond acceptors (Lipinski definition) is 2.